The number of anilines is 1. The Kier molecular flexibility index (Phi) is 7.63. The van der Waals surface area contributed by atoms with Gasteiger partial charge in [-0.25, -0.2) is 15.0 Å². The van der Waals surface area contributed by atoms with Crippen LogP contribution in [0, 0.1) is 6.92 Å². The van der Waals surface area contributed by atoms with E-state index >= 15 is 0 Å². The zero-order valence-electron chi connectivity index (χ0n) is 19.9. The van der Waals surface area contributed by atoms with Crippen LogP contribution in [0.5, 0.6) is 0 Å². The van der Waals surface area contributed by atoms with E-state index in [9.17, 15) is 4.79 Å². The lowest BCUT2D eigenvalue weighted by Crippen LogP contribution is -2.13. The van der Waals surface area contributed by atoms with Gasteiger partial charge in [0.1, 0.15) is 5.69 Å². The van der Waals surface area contributed by atoms with Crippen LogP contribution in [0.1, 0.15) is 28.8 Å². The first-order valence-corrected chi connectivity index (χ1v) is 11.8. The van der Waals surface area contributed by atoms with E-state index in [0.29, 0.717) is 27.5 Å². The Balaban J connectivity index is 0.000000967. The van der Waals surface area contributed by atoms with Gasteiger partial charge in [0.15, 0.2) is 11.5 Å². The van der Waals surface area contributed by atoms with Gasteiger partial charge in [-0.2, -0.15) is 0 Å². The van der Waals surface area contributed by atoms with Crippen molar-refractivity contribution in [3.63, 3.8) is 0 Å². The number of halogens is 1. The Morgan fingerprint density at radius 3 is 2.33 bits per heavy atom. The largest absolute Gasteiger partial charge is 0.382 e. The van der Waals surface area contributed by atoms with Crippen molar-refractivity contribution in [2.75, 3.05) is 12.3 Å². The second-order valence-electron chi connectivity index (χ2n) is 7.96. The maximum absolute atomic E-state index is 13.2. The van der Waals surface area contributed by atoms with Crippen LogP contribution >= 0.6 is 11.6 Å². The van der Waals surface area contributed by atoms with E-state index in [1.807, 2.05) is 68.4 Å². The van der Waals surface area contributed by atoms with Crippen molar-refractivity contribution in [1.29, 1.82) is 0 Å². The van der Waals surface area contributed by atoms with Gasteiger partial charge in [0, 0.05) is 28.4 Å². The van der Waals surface area contributed by atoms with Gasteiger partial charge in [-0.15, -0.1) is 0 Å². The lowest BCUT2D eigenvalue weighted by atomic mass is 10.0. The summed E-state index contributed by atoms with van der Waals surface area (Å²) in [6.45, 7) is 4.47. The molecule has 2 aromatic carbocycles. The molecule has 0 saturated heterocycles. The number of nitrogens with zero attached hydrogens (tertiary/aromatic N) is 4. The Morgan fingerprint density at radius 2 is 1.61 bits per heavy atom. The average molecular weight is 497 g/mol. The van der Waals surface area contributed by atoms with Crippen molar-refractivity contribution >= 4 is 34.1 Å². The molecular formula is C28H25ClN6O. The number of rotatable bonds is 4. The van der Waals surface area contributed by atoms with E-state index in [-0.39, 0.29) is 17.2 Å². The van der Waals surface area contributed by atoms with Crippen LogP contribution in [0.15, 0.2) is 79.0 Å². The molecule has 5 aromatic rings. The average Bonchev–Trinajstić information content (AvgIpc) is 2.89. The van der Waals surface area contributed by atoms with E-state index in [1.165, 1.54) is 0 Å². The highest BCUT2D eigenvalue weighted by atomic mass is 35.5. The molecule has 0 aliphatic carbocycles. The number of carbonyl (C=O) groups excluding carboxylic acids is 1. The third kappa shape index (κ3) is 5.22. The SMILES string of the molecule is CCN.Cc1cccc(C(=O)c2nc(-c3cc(Cl)c4ncccc4c3)c(-c3ccccc3)nc2N)n1. The number of ketones is 1. The first-order chi connectivity index (χ1) is 17.4. The predicted molar refractivity (Wildman–Crippen MR) is 145 cm³/mol. The maximum Gasteiger partial charge on any atom is 0.233 e. The lowest BCUT2D eigenvalue weighted by molar-refractivity contribution is 0.103. The molecule has 0 radical (unpaired) electrons. The van der Waals surface area contributed by atoms with Crippen LogP contribution in [-0.2, 0) is 0 Å². The highest BCUT2D eigenvalue weighted by Crippen LogP contribution is 2.35. The minimum atomic E-state index is -0.391. The molecule has 0 amide bonds. The fourth-order valence-corrected chi connectivity index (χ4v) is 3.96. The van der Waals surface area contributed by atoms with E-state index in [2.05, 4.69) is 15.0 Å². The zero-order chi connectivity index (χ0) is 25.7. The molecule has 0 fully saturated rings. The fraction of sp³-hybridized carbons (Fsp3) is 0.107. The molecule has 36 heavy (non-hydrogen) atoms. The summed E-state index contributed by atoms with van der Waals surface area (Å²) >= 11 is 6.55. The monoisotopic (exact) mass is 496 g/mol. The standard InChI is InChI=1S/C26H18ClN5O.C2H7N/c1-15-7-5-11-20(30-15)25(33)24-26(28)32-22(16-8-3-2-4-9-16)23(31-24)18-13-17-10-6-12-29-21(17)19(27)14-18;1-2-3/h2-14H,1H3,(H2,28,32);2-3H2,1H3. The summed E-state index contributed by atoms with van der Waals surface area (Å²) in [5.74, 6) is -0.349. The van der Waals surface area contributed by atoms with E-state index in [1.54, 1.807) is 24.4 Å². The molecule has 3 heterocycles. The third-order valence-corrected chi connectivity index (χ3v) is 5.53. The van der Waals surface area contributed by atoms with Crippen LogP contribution in [0.3, 0.4) is 0 Å². The summed E-state index contributed by atoms with van der Waals surface area (Å²) in [7, 11) is 0. The normalized spacial score (nSPS) is 10.6. The fourth-order valence-electron chi connectivity index (χ4n) is 3.69. The van der Waals surface area contributed by atoms with Crippen molar-refractivity contribution in [3.05, 3.63) is 101 Å². The summed E-state index contributed by atoms with van der Waals surface area (Å²) in [5.41, 5.74) is 15.4. The number of nitrogen functional groups attached to an aromatic ring is 1. The molecule has 0 unspecified atom stereocenters. The molecule has 180 valence electrons. The van der Waals surface area contributed by atoms with Gasteiger partial charge in [0.05, 0.1) is 21.9 Å². The molecule has 0 bridgehead atoms. The minimum Gasteiger partial charge on any atom is -0.382 e. The third-order valence-electron chi connectivity index (χ3n) is 5.24. The smallest absolute Gasteiger partial charge is 0.233 e. The van der Waals surface area contributed by atoms with Crippen LogP contribution in [-0.4, -0.2) is 32.3 Å². The lowest BCUT2D eigenvalue weighted by Gasteiger charge is -2.13. The minimum absolute atomic E-state index is 0.0412. The van der Waals surface area contributed by atoms with Crippen molar-refractivity contribution in [1.82, 2.24) is 19.9 Å². The van der Waals surface area contributed by atoms with E-state index in [0.717, 1.165) is 23.2 Å². The van der Waals surface area contributed by atoms with E-state index < -0.39 is 5.78 Å². The number of pyridine rings is 2. The van der Waals surface area contributed by atoms with Gasteiger partial charge in [-0.3, -0.25) is 9.78 Å². The number of nitrogens with two attached hydrogens (primary N) is 2. The van der Waals surface area contributed by atoms with Gasteiger partial charge in [0.2, 0.25) is 5.78 Å². The molecular weight excluding hydrogens is 472 g/mol. The summed E-state index contributed by atoms with van der Waals surface area (Å²) in [6.07, 6.45) is 1.69. The molecule has 0 aliphatic rings. The summed E-state index contributed by atoms with van der Waals surface area (Å²) in [6, 6.07) is 22.3. The number of hydrogen-bond donors (Lipinski definition) is 2. The Bertz CT molecular complexity index is 1540. The van der Waals surface area contributed by atoms with Crippen molar-refractivity contribution in [2.24, 2.45) is 5.73 Å². The number of aryl methyl sites for hydroxylation is 1. The Morgan fingerprint density at radius 1 is 0.889 bits per heavy atom. The molecule has 7 nitrogen and oxygen atoms in total. The first kappa shape index (κ1) is 24.9. The summed E-state index contributed by atoms with van der Waals surface area (Å²) in [5, 5.41) is 1.33. The molecule has 4 N–H and O–H groups in total. The van der Waals surface area contributed by atoms with Gasteiger partial charge >= 0.3 is 0 Å². The van der Waals surface area contributed by atoms with Crippen molar-refractivity contribution < 1.29 is 4.79 Å². The van der Waals surface area contributed by atoms with Gasteiger partial charge in [-0.05, 0) is 43.8 Å². The second-order valence-corrected chi connectivity index (χ2v) is 8.36. The van der Waals surface area contributed by atoms with E-state index in [4.69, 9.17) is 28.1 Å². The number of benzene rings is 2. The van der Waals surface area contributed by atoms with Gasteiger partial charge < -0.3 is 11.5 Å². The van der Waals surface area contributed by atoms with Crippen LogP contribution in [0.4, 0.5) is 5.82 Å². The van der Waals surface area contributed by atoms with Crippen LogP contribution in [0.25, 0.3) is 33.4 Å². The molecule has 3 aromatic heterocycles. The summed E-state index contributed by atoms with van der Waals surface area (Å²) in [4.78, 5) is 31.3. The predicted octanol–water partition coefficient (Wildman–Crippen LogP) is 5.49. The highest BCUT2D eigenvalue weighted by molar-refractivity contribution is 6.35. The van der Waals surface area contributed by atoms with Crippen molar-refractivity contribution in [3.8, 4) is 22.5 Å². The quantitative estimate of drug-likeness (QED) is 0.315. The number of hydrogen-bond acceptors (Lipinski definition) is 7. The van der Waals surface area contributed by atoms with Crippen LogP contribution < -0.4 is 11.5 Å². The Hall–Kier alpha value is -4.20. The first-order valence-electron chi connectivity index (χ1n) is 11.4. The number of aromatic nitrogens is 4. The molecule has 5 rings (SSSR count). The Labute approximate surface area is 214 Å². The molecule has 0 saturated carbocycles. The molecule has 8 heteroatoms. The molecule has 0 atom stereocenters. The van der Waals surface area contributed by atoms with Crippen molar-refractivity contribution in [2.45, 2.75) is 13.8 Å². The topological polar surface area (TPSA) is 121 Å². The second kappa shape index (κ2) is 11.0. The molecule has 0 spiro atoms. The highest BCUT2D eigenvalue weighted by Gasteiger charge is 2.22. The van der Waals surface area contributed by atoms with Gasteiger partial charge in [-0.1, -0.05) is 61.0 Å². The maximum atomic E-state index is 13.2. The molecule has 0 aliphatic heterocycles. The van der Waals surface area contributed by atoms with Gasteiger partial charge in [0.25, 0.3) is 0 Å². The number of fused-ring (bicyclic) bond motifs is 1. The zero-order valence-corrected chi connectivity index (χ0v) is 20.7. The summed E-state index contributed by atoms with van der Waals surface area (Å²) < 4.78 is 0. The number of carbonyl (C=O) groups is 1. The van der Waals surface area contributed by atoms with Crippen LogP contribution in [0.2, 0.25) is 5.02 Å².